The van der Waals surface area contributed by atoms with Crippen LogP contribution in [0.2, 0.25) is 0 Å². The van der Waals surface area contributed by atoms with Crippen LogP contribution in [-0.4, -0.2) is 37.8 Å². The number of esters is 1. The van der Waals surface area contributed by atoms with E-state index in [1.165, 1.54) is 26.8 Å². The standard InChI is InChI=1S/C16H22O10P2/c1-5-8(2)6-16(27(19,20)21,28(22,23)24)12-13(17)11-10(7-26-15(11)18)9(3)14(12)25-4/h5,17H,6-7H2,1-4H3,(H2,19,20,21)(H2,22,23,24). The first-order chi connectivity index (χ1) is 12.7. The number of benzene rings is 1. The Balaban J connectivity index is 3.15. The maximum atomic E-state index is 12.6. The van der Waals surface area contributed by atoms with E-state index in [0.29, 0.717) is 0 Å². The van der Waals surface area contributed by atoms with Gasteiger partial charge in [0.2, 0.25) is 4.90 Å². The van der Waals surface area contributed by atoms with Gasteiger partial charge in [-0.25, -0.2) is 4.79 Å². The van der Waals surface area contributed by atoms with Crippen LogP contribution in [0.25, 0.3) is 0 Å². The lowest BCUT2D eigenvalue weighted by molar-refractivity contribution is 0.0532. The van der Waals surface area contributed by atoms with Gasteiger partial charge < -0.3 is 34.2 Å². The molecule has 0 unspecified atom stereocenters. The van der Waals surface area contributed by atoms with E-state index in [0.717, 1.165) is 7.11 Å². The molecule has 0 fully saturated rings. The van der Waals surface area contributed by atoms with Crippen molar-refractivity contribution in [1.82, 2.24) is 0 Å². The highest BCUT2D eigenvalue weighted by Crippen LogP contribution is 2.79. The number of allylic oxidation sites excluding steroid dienone is 2. The fraction of sp³-hybridized carbons (Fsp3) is 0.438. The van der Waals surface area contributed by atoms with Gasteiger partial charge in [0, 0.05) is 12.0 Å². The van der Waals surface area contributed by atoms with Crippen molar-refractivity contribution in [3.05, 3.63) is 33.9 Å². The summed E-state index contributed by atoms with van der Waals surface area (Å²) in [4.78, 5) is 49.4. The molecule has 0 radical (unpaired) electrons. The third-order valence-electron chi connectivity index (χ3n) is 4.93. The van der Waals surface area contributed by atoms with Crippen molar-refractivity contribution in [3.8, 4) is 11.5 Å². The number of cyclic esters (lactones) is 1. The molecular formula is C16H22O10P2. The number of aromatic hydroxyl groups is 1. The van der Waals surface area contributed by atoms with Gasteiger partial charge in [-0.2, -0.15) is 0 Å². The second-order valence-electron chi connectivity index (χ2n) is 6.53. The molecule has 2 rings (SSSR count). The number of rotatable bonds is 6. The van der Waals surface area contributed by atoms with Crippen LogP contribution in [0.4, 0.5) is 0 Å². The molecule has 12 heteroatoms. The van der Waals surface area contributed by atoms with Gasteiger partial charge in [0.05, 0.1) is 12.7 Å². The average molecular weight is 436 g/mol. The van der Waals surface area contributed by atoms with E-state index in [1.807, 2.05) is 0 Å². The molecule has 10 nitrogen and oxygen atoms in total. The second-order valence-corrected chi connectivity index (χ2v) is 10.6. The van der Waals surface area contributed by atoms with E-state index in [9.17, 15) is 38.6 Å². The number of ether oxygens (including phenoxy) is 2. The number of hydrogen-bond donors (Lipinski definition) is 5. The molecule has 0 amide bonds. The molecule has 0 bridgehead atoms. The number of phenols is 1. The van der Waals surface area contributed by atoms with Crippen LogP contribution >= 0.6 is 15.2 Å². The van der Waals surface area contributed by atoms with E-state index in [-0.39, 0.29) is 29.1 Å². The van der Waals surface area contributed by atoms with Gasteiger partial charge in [0.25, 0.3) is 0 Å². The van der Waals surface area contributed by atoms with Crippen molar-refractivity contribution in [1.29, 1.82) is 0 Å². The Morgan fingerprint density at radius 2 is 1.79 bits per heavy atom. The fourth-order valence-electron chi connectivity index (χ4n) is 3.37. The predicted octanol–water partition coefficient (Wildman–Crippen LogP) is 2.24. The summed E-state index contributed by atoms with van der Waals surface area (Å²) in [5.41, 5.74) is -0.559. The van der Waals surface area contributed by atoms with Gasteiger partial charge in [-0.1, -0.05) is 11.6 Å². The summed E-state index contributed by atoms with van der Waals surface area (Å²) >= 11 is 0. The summed E-state index contributed by atoms with van der Waals surface area (Å²) in [6.07, 6.45) is 0.646. The molecule has 1 heterocycles. The maximum absolute atomic E-state index is 12.6. The smallest absolute Gasteiger partial charge is 0.348 e. The predicted molar refractivity (Wildman–Crippen MR) is 98.3 cm³/mol. The Hall–Kier alpha value is -1.67. The molecule has 156 valence electrons. The Labute approximate surface area is 161 Å². The summed E-state index contributed by atoms with van der Waals surface area (Å²) in [5, 5.41) is 10.8. The summed E-state index contributed by atoms with van der Waals surface area (Å²) in [6.45, 7) is 4.19. The van der Waals surface area contributed by atoms with Gasteiger partial charge in [-0.15, -0.1) is 0 Å². The van der Waals surface area contributed by atoms with Crippen molar-refractivity contribution < 1.29 is 48.1 Å². The van der Waals surface area contributed by atoms with Crippen molar-refractivity contribution in [2.45, 2.75) is 38.7 Å². The van der Waals surface area contributed by atoms with Crippen LogP contribution in [-0.2, 0) is 25.4 Å². The Morgan fingerprint density at radius 1 is 1.25 bits per heavy atom. The number of fused-ring (bicyclic) bond motifs is 1. The number of methoxy groups -OCH3 is 1. The summed E-state index contributed by atoms with van der Waals surface area (Å²) in [7, 11) is -10.2. The van der Waals surface area contributed by atoms with Crippen LogP contribution in [0.3, 0.4) is 0 Å². The normalized spacial score (nSPS) is 15.4. The first-order valence-corrected chi connectivity index (χ1v) is 11.3. The van der Waals surface area contributed by atoms with Crippen LogP contribution in [0.1, 0.15) is 47.3 Å². The zero-order valence-corrected chi connectivity index (χ0v) is 17.5. The molecular weight excluding hydrogens is 414 g/mol. The van der Waals surface area contributed by atoms with Crippen molar-refractivity contribution in [2.75, 3.05) is 7.11 Å². The third kappa shape index (κ3) is 3.20. The molecule has 0 saturated heterocycles. The fourth-order valence-corrected chi connectivity index (χ4v) is 6.64. The van der Waals surface area contributed by atoms with Gasteiger partial charge in [0.15, 0.2) is 0 Å². The minimum atomic E-state index is -5.65. The van der Waals surface area contributed by atoms with Crippen LogP contribution in [0.5, 0.6) is 11.5 Å². The minimum absolute atomic E-state index is 0.181. The highest BCUT2D eigenvalue weighted by Gasteiger charge is 2.64. The lowest BCUT2D eigenvalue weighted by Gasteiger charge is -2.37. The zero-order chi connectivity index (χ0) is 21.7. The molecule has 28 heavy (non-hydrogen) atoms. The quantitative estimate of drug-likeness (QED) is 0.253. The van der Waals surface area contributed by atoms with E-state index in [4.69, 9.17) is 9.47 Å². The van der Waals surface area contributed by atoms with Gasteiger partial charge >= 0.3 is 21.2 Å². The highest BCUT2D eigenvalue weighted by atomic mass is 31.2. The van der Waals surface area contributed by atoms with Crippen molar-refractivity contribution >= 4 is 21.2 Å². The molecule has 0 saturated carbocycles. The zero-order valence-electron chi connectivity index (χ0n) is 15.7. The third-order valence-corrected chi connectivity index (χ3v) is 9.19. The summed E-state index contributed by atoms with van der Waals surface area (Å²) < 4.78 is 35.2. The Kier molecular flexibility index (Phi) is 5.89. The number of phenolic OH excluding ortho intramolecular Hbond substituents is 1. The monoisotopic (exact) mass is 436 g/mol. The number of carbonyl (C=O) groups is 1. The van der Waals surface area contributed by atoms with E-state index in [1.54, 1.807) is 0 Å². The Morgan fingerprint density at radius 3 is 2.21 bits per heavy atom. The average Bonchev–Trinajstić information content (AvgIpc) is 2.95. The lowest BCUT2D eigenvalue weighted by Crippen LogP contribution is -2.29. The molecule has 0 spiro atoms. The SMILES string of the molecule is CC=C(C)CC(c1c(O)c2c(c(C)c1OC)COC2=O)(P(=O)(O)O)P(=O)(O)O. The number of hydrogen-bond acceptors (Lipinski definition) is 6. The van der Waals surface area contributed by atoms with Crippen molar-refractivity contribution in [2.24, 2.45) is 0 Å². The largest absolute Gasteiger partial charge is 0.507 e. The minimum Gasteiger partial charge on any atom is -0.507 e. The molecule has 1 aliphatic heterocycles. The summed E-state index contributed by atoms with van der Waals surface area (Å²) in [6, 6.07) is 0. The molecule has 0 aromatic heterocycles. The number of carbonyl (C=O) groups excluding carboxylic acids is 1. The molecule has 1 aliphatic rings. The maximum Gasteiger partial charge on any atom is 0.348 e. The first-order valence-electron chi connectivity index (χ1n) is 8.07. The van der Waals surface area contributed by atoms with E-state index < -0.39 is 49.4 Å². The Bertz CT molecular complexity index is 931. The molecule has 0 atom stereocenters. The molecule has 1 aromatic carbocycles. The van der Waals surface area contributed by atoms with Crippen molar-refractivity contribution in [3.63, 3.8) is 0 Å². The first kappa shape index (κ1) is 22.6. The van der Waals surface area contributed by atoms with E-state index in [2.05, 4.69) is 0 Å². The van der Waals surface area contributed by atoms with Crippen LogP contribution < -0.4 is 4.74 Å². The van der Waals surface area contributed by atoms with Crippen LogP contribution in [0, 0.1) is 6.92 Å². The molecule has 1 aromatic rings. The van der Waals surface area contributed by atoms with Crippen LogP contribution in [0.15, 0.2) is 11.6 Å². The molecule has 5 N–H and O–H groups in total. The lowest BCUT2D eigenvalue weighted by atomic mass is 9.93. The van der Waals surface area contributed by atoms with Gasteiger partial charge in [-0.3, -0.25) is 9.13 Å². The van der Waals surface area contributed by atoms with E-state index >= 15 is 0 Å². The topological polar surface area (TPSA) is 171 Å². The highest BCUT2D eigenvalue weighted by molar-refractivity contribution is 7.71. The molecule has 0 aliphatic carbocycles. The second kappa shape index (κ2) is 7.30. The van der Waals surface area contributed by atoms with Gasteiger partial charge in [0.1, 0.15) is 23.7 Å². The van der Waals surface area contributed by atoms with Gasteiger partial charge in [-0.05, 0) is 26.3 Å². The summed E-state index contributed by atoms with van der Waals surface area (Å²) in [5.74, 6) is -2.27.